The Hall–Kier alpha value is -2.70. The highest BCUT2D eigenvalue weighted by Crippen LogP contribution is 2.44. The first-order valence-corrected chi connectivity index (χ1v) is 12.2. The summed E-state index contributed by atoms with van der Waals surface area (Å²) in [4.78, 5) is 6.73. The Morgan fingerprint density at radius 2 is 1.76 bits per heavy atom. The molecule has 1 saturated carbocycles. The van der Waals surface area contributed by atoms with E-state index < -0.39 is 5.91 Å². The Morgan fingerprint density at radius 3 is 2.36 bits per heavy atom. The van der Waals surface area contributed by atoms with Gasteiger partial charge in [0.2, 0.25) is 0 Å². The van der Waals surface area contributed by atoms with E-state index in [0.29, 0.717) is 17.9 Å². The van der Waals surface area contributed by atoms with Crippen molar-refractivity contribution >= 4 is 5.82 Å². The van der Waals surface area contributed by atoms with Gasteiger partial charge in [-0.3, -0.25) is 14.6 Å². The van der Waals surface area contributed by atoms with Crippen molar-refractivity contribution < 1.29 is 10.2 Å². The molecule has 3 aromatic rings. The van der Waals surface area contributed by atoms with Crippen molar-refractivity contribution in [2.24, 2.45) is 7.05 Å². The molecule has 33 heavy (non-hydrogen) atoms. The third-order valence-corrected chi connectivity index (χ3v) is 7.26. The second kappa shape index (κ2) is 7.96. The highest BCUT2D eigenvalue weighted by molar-refractivity contribution is 5.70. The number of aryl methyl sites for hydroxylation is 4. The van der Waals surface area contributed by atoms with Crippen LogP contribution in [0.1, 0.15) is 73.2 Å². The maximum absolute atomic E-state index is 11.5. The minimum absolute atomic E-state index is 0.149. The Bertz CT molecular complexity index is 1190. The molecular formula is C27H34N4O2. The third-order valence-electron chi connectivity index (χ3n) is 7.26. The molecule has 1 aromatic carbocycles. The Labute approximate surface area is 195 Å². The van der Waals surface area contributed by atoms with Crippen LogP contribution in [0.4, 0.5) is 5.82 Å². The van der Waals surface area contributed by atoms with E-state index in [0.717, 1.165) is 54.1 Å². The topological polar surface area (TPSA) is 74.4 Å². The van der Waals surface area contributed by atoms with E-state index >= 15 is 0 Å². The molecule has 2 N–H and O–H groups in total. The minimum Gasteiger partial charge on any atom is -0.345 e. The zero-order chi connectivity index (χ0) is 23.5. The average Bonchev–Trinajstić information content (AvgIpc) is 3.55. The fraction of sp³-hybridized carbons (Fsp3) is 0.481. The van der Waals surface area contributed by atoms with Gasteiger partial charge >= 0.3 is 0 Å². The first-order chi connectivity index (χ1) is 15.8. The lowest BCUT2D eigenvalue weighted by atomic mass is 9.89. The number of pyridine rings is 1. The normalized spacial score (nSPS) is 19.6. The summed E-state index contributed by atoms with van der Waals surface area (Å²) in [7, 11) is 1.88. The number of hydrogen-bond acceptors (Lipinski definition) is 5. The van der Waals surface area contributed by atoms with Crippen molar-refractivity contribution in [2.75, 3.05) is 4.90 Å². The number of anilines is 1. The molecule has 1 unspecified atom stereocenters. The maximum atomic E-state index is 11.5. The quantitative estimate of drug-likeness (QED) is 0.571. The van der Waals surface area contributed by atoms with Crippen molar-refractivity contribution in [3.63, 3.8) is 0 Å². The van der Waals surface area contributed by atoms with Crippen LogP contribution in [0.25, 0.3) is 11.3 Å². The van der Waals surface area contributed by atoms with Crippen LogP contribution in [-0.4, -0.2) is 31.0 Å². The zero-order valence-electron chi connectivity index (χ0n) is 20.3. The van der Waals surface area contributed by atoms with Crippen LogP contribution in [0.15, 0.2) is 30.3 Å². The molecule has 6 heteroatoms. The van der Waals surface area contributed by atoms with Gasteiger partial charge in [-0.05, 0) is 62.3 Å². The maximum Gasteiger partial charge on any atom is 0.278 e. The number of rotatable bonds is 5. The molecule has 1 fully saturated rings. The fourth-order valence-electron chi connectivity index (χ4n) is 5.51. The molecule has 5 rings (SSSR count). The van der Waals surface area contributed by atoms with Gasteiger partial charge < -0.3 is 10.2 Å². The highest BCUT2D eigenvalue weighted by Gasteiger charge is 2.47. The van der Waals surface area contributed by atoms with E-state index in [-0.39, 0.29) is 6.04 Å². The van der Waals surface area contributed by atoms with Gasteiger partial charge in [0, 0.05) is 37.1 Å². The van der Waals surface area contributed by atoms with E-state index in [1.54, 1.807) is 9.58 Å². The van der Waals surface area contributed by atoms with E-state index in [9.17, 15) is 10.2 Å². The number of aromatic nitrogens is 3. The van der Waals surface area contributed by atoms with Crippen LogP contribution in [-0.2, 0) is 32.2 Å². The molecule has 1 atom stereocenters. The van der Waals surface area contributed by atoms with E-state index in [2.05, 4.69) is 37.1 Å². The van der Waals surface area contributed by atoms with Crippen LogP contribution in [0, 0.1) is 6.92 Å². The van der Waals surface area contributed by atoms with Gasteiger partial charge in [0.1, 0.15) is 5.82 Å². The largest absolute Gasteiger partial charge is 0.345 e. The summed E-state index contributed by atoms with van der Waals surface area (Å²) in [6.45, 7) is 8.31. The van der Waals surface area contributed by atoms with Crippen LogP contribution in [0.3, 0.4) is 0 Å². The summed E-state index contributed by atoms with van der Waals surface area (Å²) in [5.74, 6) is -0.927. The SMILES string of the molecule is CCc1cccc(CC)c1-c1cc(C)c2c(n1)CC(C)N(c1cc(C3CC3)nn1C)C2(O)O. The monoisotopic (exact) mass is 446 g/mol. The van der Waals surface area contributed by atoms with Crippen LogP contribution in [0.2, 0.25) is 0 Å². The molecule has 1 aliphatic heterocycles. The average molecular weight is 447 g/mol. The summed E-state index contributed by atoms with van der Waals surface area (Å²) in [5.41, 5.74) is 7.78. The molecule has 2 aliphatic rings. The van der Waals surface area contributed by atoms with Crippen LogP contribution >= 0.6 is 0 Å². The molecule has 2 aromatic heterocycles. The van der Waals surface area contributed by atoms with Crippen LogP contribution < -0.4 is 4.90 Å². The zero-order valence-corrected chi connectivity index (χ0v) is 20.3. The van der Waals surface area contributed by atoms with Gasteiger partial charge in [-0.15, -0.1) is 0 Å². The molecule has 6 nitrogen and oxygen atoms in total. The molecular weight excluding hydrogens is 412 g/mol. The Morgan fingerprint density at radius 1 is 1.09 bits per heavy atom. The molecule has 0 bridgehead atoms. The smallest absolute Gasteiger partial charge is 0.278 e. The number of nitrogens with zero attached hydrogens (tertiary/aromatic N) is 4. The van der Waals surface area contributed by atoms with E-state index in [1.165, 1.54) is 16.7 Å². The van der Waals surface area contributed by atoms with Gasteiger partial charge in [-0.1, -0.05) is 32.0 Å². The summed E-state index contributed by atoms with van der Waals surface area (Å²) < 4.78 is 1.78. The third kappa shape index (κ3) is 3.56. The minimum atomic E-state index is -2.16. The van der Waals surface area contributed by atoms with Gasteiger partial charge in [-0.25, -0.2) is 0 Å². The number of hydrogen-bond donors (Lipinski definition) is 2. The first-order valence-electron chi connectivity index (χ1n) is 12.2. The number of benzene rings is 1. The summed E-state index contributed by atoms with van der Waals surface area (Å²) in [6.07, 6.45) is 4.80. The molecule has 0 spiro atoms. The van der Waals surface area contributed by atoms with Crippen molar-refractivity contribution in [3.8, 4) is 11.3 Å². The number of aliphatic hydroxyl groups is 2. The summed E-state index contributed by atoms with van der Waals surface area (Å²) in [5, 5.41) is 27.7. The second-order valence-corrected chi connectivity index (χ2v) is 9.69. The predicted molar refractivity (Wildman–Crippen MR) is 130 cm³/mol. The lowest BCUT2D eigenvalue weighted by Gasteiger charge is -2.45. The van der Waals surface area contributed by atoms with E-state index in [1.807, 2.05) is 33.0 Å². The van der Waals surface area contributed by atoms with Gasteiger partial charge in [0.25, 0.3) is 5.91 Å². The highest BCUT2D eigenvalue weighted by atomic mass is 16.5. The summed E-state index contributed by atoms with van der Waals surface area (Å²) in [6, 6.07) is 10.3. The van der Waals surface area contributed by atoms with Crippen molar-refractivity contribution in [1.29, 1.82) is 0 Å². The molecule has 1 aliphatic carbocycles. The Kier molecular flexibility index (Phi) is 5.33. The summed E-state index contributed by atoms with van der Waals surface area (Å²) >= 11 is 0. The molecule has 174 valence electrons. The lowest BCUT2D eigenvalue weighted by molar-refractivity contribution is -0.179. The van der Waals surface area contributed by atoms with Crippen molar-refractivity contribution in [2.45, 2.75) is 77.7 Å². The lowest BCUT2D eigenvalue weighted by Crippen LogP contribution is -2.56. The molecule has 3 heterocycles. The first kappa shape index (κ1) is 22.1. The standard InChI is InChI=1S/C27H34N4O2/c1-6-18-9-8-10-19(7-2)25(18)22-13-16(3)26-23(28-22)14-17(4)31(27(26,32)33)24-15-21(20-11-12-20)29-30(24)5/h8-10,13,15,17,20,32-33H,6-7,11-12,14H2,1-5H3. The number of fused-ring (bicyclic) bond motifs is 1. The predicted octanol–water partition coefficient (Wildman–Crippen LogP) is 4.34. The van der Waals surface area contributed by atoms with Crippen molar-refractivity contribution in [3.05, 3.63) is 64.0 Å². The second-order valence-electron chi connectivity index (χ2n) is 9.69. The van der Waals surface area contributed by atoms with Gasteiger partial charge in [-0.2, -0.15) is 5.10 Å². The van der Waals surface area contributed by atoms with Gasteiger partial charge in [0.15, 0.2) is 0 Å². The fourth-order valence-corrected chi connectivity index (χ4v) is 5.51. The molecule has 0 radical (unpaired) electrons. The van der Waals surface area contributed by atoms with E-state index in [4.69, 9.17) is 4.98 Å². The Balaban J connectivity index is 1.62. The van der Waals surface area contributed by atoms with Gasteiger partial charge in [0.05, 0.1) is 22.6 Å². The van der Waals surface area contributed by atoms with Crippen LogP contribution in [0.5, 0.6) is 0 Å². The molecule has 0 amide bonds. The van der Waals surface area contributed by atoms with Crippen molar-refractivity contribution in [1.82, 2.24) is 14.8 Å². The molecule has 0 saturated heterocycles.